The van der Waals surface area contributed by atoms with Crippen LogP contribution in [0.4, 0.5) is 0 Å². The van der Waals surface area contributed by atoms with Crippen molar-refractivity contribution in [2.24, 2.45) is 0 Å². The number of fused-ring (bicyclic) bond motifs is 1. The molecule has 1 heterocycles. The minimum Gasteiger partial charge on any atom is -0.245 e. The van der Waals surface area contributed by atoms with Crippen molar-refractivity contribution in [2.75, 3.05) is 0 Å². The molecule has 0 spiro atoms. The Morgan fingerprint density at radius 1 is 1.12 bits per heavy atom. The van der Waals surface area contributed by atoms with Gasteiger partial charge in [0.25, 0.3) is 10.1 Å². The fraction of sp³-hybridized carbons (Fsp3) is 0.200. The van der Waals surface area contributed by atoms with Gasteiger partial charge in [0.15, 0.2) is 5.60 Å². The summed E-state index contributed by atoms with van der Waals surface area (Å²) in [5, 5.41) is 0. The molecule has 1 aromatic carbocycles. The molecule has 0 bridgehead atoms. The third-order valence-corrected chi connectivity index (χ3v) is 5.29. The highest BCUT2D eigenvalue weighted by atomic mass is 32.2. The van der Waals surface area contributed by atoms with Crippen LogP contribution < -0.4 is 0 Å². The zero-order valence-electron chi connectivity index (χ0n) is 14.2. The van der Waals surface area contributed by atoms with Crippen molar-refractivity contribution in [1.29, 1.82) is 0 Å². The Kier molecular flexibility index (Phi) is 5.42. The highest BCUT2D eigenvalue weighted by Gasteiger charge is 2.51. The molecule has 4 heteroatoms. The monoisotopic (exact) mass is 342 g/mol. The van der Waals surface area contributed by atoms with Crippen LogP contribution in [0.3, 0.4) is 0 Å². The minimum absolute atomic E-state index is 0.196. The summed E-state index contributed by atoms with van der Waals surface area (Å²) < 4.78 is 31.0. The lowest BCUT2D eigenvalue weighted by Gasteiger charge is -2.31. The van der Waals surface area contributed by atoms with Crippen LogP contribution in [-0.4, -0.2) is 8.42 Å². The first-order valence-electron chi connectivity index (χ1n) is 7.78. The van der Waals surface area contributed by atoms with Gasteiger partial charge in [0.05, 0.1) is 0 Å². The van der Waals surface area contributed by atoms with Crippen LogP contribution in [0.1, 0.15) is 26.3 Å². The second-order valence-electron chi connectivity index (χ2n) is 5.31. The van der Waals surface area contributed by atoms with E-state index in [0.29, 0.717) is 11.1 Å². The second-order valence-corrected chi connectivity index (χ2v) is 6.83. The molecule has 2 rings (SSSR count). The Morgan fingerprint density at radius 3 is 2.42 bits per heavy atom. The molecule has 1 aliphatic heterocycles. The summed E-state index contributed by atoms with van der Waals surface area (Å²) in [6, 6.07) is 6.88. The molecule has 3 nitrogen and oxygen atoms in total. The quantitative estimate of drug-likeness (QED) is 0.569. The van der Waals surface area contributed by atoms with E-state index < -0.39 is 15.7 Å². The van der Waals surface area contributed by atoms with Crippen LogP contribution in [0.2, 0.25) is 0 Å². The van der Waals surface area contributed by atoms with E-state index in [1.54, 1.807) is 24.3 Å². The molecule has 24 heavy (non-hydrogen) atoms. The predicted molar refractivity (Wildman–Crippen MR) is 98.1 cm³/mol. The maximum Gasteiger partial charge on any atom is 0.298 e. The lowest BCUT2D eigenvalue weighted by molar-refractivity contribution is 0.178. The van der Waals surface area contributed by atoms with Crippen LogP contribution in [0.25, 0.3) is 0 Å². The van der Waals surface area contributed by atoms with Gasteiger partial charge in [-0.25, -0.2) is 4.18 Å². The van der Waals surface area contributed by atoms with Gasteiger partial charge in [-0.2, -0.15) is 8.42 Å². The molecule has 1 aromatic rings. The Labute approximate surface area is 144 Å². The highest BCUT2D eigenvalue weighted by molar-refractivity contribution is 7.87. The van der Waals surface area contributed by atoms with E-state index in [-0.39, 0.29) is 4.90 Å². The Hall–Kier alpha value is -2.17. The van der Waals surface area contributed by atoms with E-state index in [1.807, 2.05) is 63.3 Å². The van der Waals surface area contributed by atoms with Crippen molar-refractivity contribution in [3.63, 3.8) is 0 Å². The molecule has 0 radical (unpaired) electrons. The average molecular weight is 342 g/mol. The largest absolute Gasteiger partial charge is 0.298 e. The standard InChI is InChI=1S/C20H22O3S/c1-5-9-13-17(8-4)20(16(7-3)12-6-2)18-14-10-11-15-19(18)24(21,22)23-20/h5-15H,4H2,1-3H3/b9-5-,12-6-,16-7+,17-13+. The van der Waals surface area contributed by atoms with Crippen LogP contribution >= 0.6 is 0 Å². The molecule has 126 valence electrons. The van der Waals surface area contributed by atoms with Crippen LogP contribution in [0.5, 0.6) is 0 Å². The number of rotatable bonds is 5. The number of allylic oxidation sites excluding steroid dienone is 5. The Bertz CT molecular complexity index is 855. The fourth-order valence-electron chi connectivity index (χ4n) is 2.93. The van der Waals surface area contributed by atoms with Crippen molar-refractivity contribution in [1.82, 2.24) is 0 Å². The molecular weight excluding hydrogens is 320 g/mol. The van der Waals surface area contributed by atoms with Crippen LogP contribution in [0, 0.1) is 0 Å². The molecule has 0 saturated carbocycles. The first-order chi connectivity index (χ1) is 11.5. The van der Waals surface area contributed by atoms with Crippen molar-refractivity contribution in [3.8, 4) is 0 Å². The topological polar surface area (TPSA) is 43.4 Å². The van der Waals surface area contributed by atoms with Crippen LogP contribution in [-0.2, 0) is 19.9 Å². The van der Waals surface area contributed by atoms with Crippen LogP contribution in [0.15, 0.2) is 89.4 Å². The van der Waals surface area contributed by atoms with Gasteiger partial charge in [0.2, 0.25) is 0 Å². The number of hydrogen-bond donors (Lipinski definition) is 0. The van der Waals surface area contributed by atoms with Gasteiger partial charge in [0, 0.05) is 5.56 Å². The molecule has 0 aliphatic carbocycles. The maximum atomic E-state index is 12.6. The van der Waals surface area contributed by atoms with Gasteiger partial charge in [-0.05, 0) is 38.0 Å². The van der Waals surface area contributed by atoms with E-state index in [1.165, 1.54) is 0 Å². The third-order valence-electron chi connectivity index (χ3n) is 3.93. The molecular formula is C20H22O3S. The maximum absolute atomic E-state index is 12.6. The van der Waals surface area contributed by atoms with E-state index in [0.717, 1.165) is 5.57 Å². The summed E-state index contributed by atoms with van der Waals surface area (Å²) in [6.07, 6.45) is 12.8. The first kappa shape index (κ1) is 18.2. The van der Waals surface area contributed by atoms with Gasteiger partial charge in [-0.1, -0.05) is 67.3 Å². The highest BCUT2D eigenvalue weighted by Crippen LogP contribution is 2.51. The Balaban J connectivity index is 2.93. The van der Waals surface area contributed by atoms with Gasteiger partial charge >= 0.3 is 0 Å². The summed E-state index contributed by atoms with van der Waals surface area (Å²) in [4.78, 5) is 0.196. The summed E-state index contributed by atoms with van der Waals surface area (Å²) in [5.41, 5.74) is 0.791. The first-order valence-corrected chi connectivity index (χ1v) is 9.19. The van der Waals surface area contributed by atoms with Crippen molar-refractivity contribution >= 4 is 10.1 Å². The SMILES string of the molecule is C=C/C(=C\C=C/C)C1(C(/C=C\C)=C/C)OS(=O)(=O)c2ccccc21. The van der Waals surface area contributed by atoms with E-state index in [2.05, 4.69) is 6.58 Å². The summed E-state index contributed by atoms with van der Waals surface area (Å²) >= 11 is 0. The molecule has 1 atom stereocenters. The van der Waals surface area contributed by atoms with Crippen molar-refractivity contribution in [3.05, 3.63) is 90.1 Å². The second kappa shape index (κ2) is 7.16. The van der Waals surface area contributed by atoms with E-state index >= 15 is 0 Å². The zero-order valence-corrected chi connectivity index (χ0v) is 15.0. The zero-order chi connectivity index (χ0) is 17.8. The minimum atomic E-state index is -3.85. The molecule has 1 unspecified atom stereocenters. The molecule has 0 aromatic heterocycles. The molecule has 0 amide bonds. The molecule has 0 N–H and O–H groups in total. The van der Waals surface area contributed by atoms with Crippen molar-refractivity contribution in [2.45, 2.75) is 31.3 Å². The molecule has 1 aliphatic rings. The lowest BCUT2D eigenvalue weighted by Crippen LogP contribution is -2.30. The third kappa shape index (κ3) is 2.83. The Morgan fingerprint density at radius 2 is 1.83 bits per heavy atom. The summed E-state index contributed by atoms with van der Waals surface area (Å²) in [5.74, 6) is 0. The summed E-state index contributed by atoms with van der Waals surface area (Å²) in [6.45, 7) is 9.52. The van der Waals surface area contributed by atoms with Gasteiger partial charge in [-0.15, -0.1) is 0 Å². The number of hydrogen-bond acceptors (Lipinski definition) is 3. The summed E-state index contributed by atoms with van der Waals surface area (Å²) in [7, 11) is -3.85. The number of benzene rings is 1. The normalized spacial score (nSPS) is 23.8. The van der Waals surface area contributed by atoms with Gasteiger partial charge in [0.1, 0.15) is 4.90 Å². The van der Waals surface area contributed by atoms with E-state index in [4.69, 9.17) is 4.18 Å². The lowest BCUT2D eigenvalue weighted by atomic mass is 9.79. The average Bonchev–Trinajstić information content (AvgIpc) is 2.82. The van der Waals surface area contributed by atoms with Crippen molar-refractivity contribution < 1.29 is 12.6 Å². The smallest absolute Gasteiger partial charge is 0.245 e. The molecule has 0 fully saturated rings. The van der Waals surface area contributed by atoms with Gasteiger partial charge in [-0.3, -0.25) is 0 Å². The predicted octanol–water partition coefficient (Wildman–Crippen LogP) is 4.81. The molecule has 0 saturated heterocycles. The van der Waals surface area contributed by atoms with Gasteiger partial charge < -0.3 is 0 Å². The van der Waals surface area contributed by atoms with E-state index in [9.17, 15) is 8.42 Å². The fourth-order valence-corrected chi connectivity index (χ4v) is 4.36.